The number of carbonyl (C=O) groups excluding carboxylic acids is 2. The van der Waals surface area contributed by atoms with Gasteiger partial charge in [0.05, 0.1) is 31.6 Å². The van der Waals surface area contributed by atoms with Crippen LogP contribution in [0.4, 0.5) is 0 Å². The van der Waals surface area contributed by atoms with Crippen LogP contribution in [0, 0.1) is 5.92 Å². The highest BCUT2D eigenvalue weighted by molar-refractivity contribution is 9.10. The molecule has 2 aliphatic rings. The number of benzene rings is 1. The van der Waals surface area contributed by atoms with Crippen molar-refractivity contribution >= 4 is 37.6 Å². The molecule has 0 spiro atoms. The first kappa shape index (κ1) is 21.9. The van der Waals surface area contributed by atoms with E-state index in [0.717, 1.165) is 10.0 Å². The van der Waals surface area contributed by atoms with E-state index in [1.807, 2.05) is 12.1 Å². The number of methoxy groups -OCH3 is 2. The SMILES string of the molecule is COc1cc(Br)c(CCNC(=O)[C@H]2CC(=O)N([C@@H]3CCS(=O)(=O)C3)C2)cc1OC. The fourth-order valence-electron chi connectivity index (χ4n) is 3.83. The molecule has 8 nitrogen and oxygen atoms in total. The topological polar surface area (TPSA) is 102 Å². The number of nitrogens with one attached hydrogen (secondary N) is 1. The summed E-state index contributed by atoms with van der Waals surface area (Å²) in [6.07, 6.45) is 1.16. The van der Waals surface area contributed by atoms with Crippen LogP contribution in [0.5, 0.6) is 11.5 Å². The minimum absolute atomic E-state index is 0.000405. The fourth-order valence-corrected chi connectivity index (χ4v) is 6.09. The molecule has 0 radical (unpaired) electrons. The van der Waals surface area contributed by atoms with Gasteiger partial charge in [0.25, 0.3) is 0 Å². The lowest BCUT2D eigenvalue weighted by Gasteiger charge is -2.23. The minimum atomic E-state index is -3.07. The Morgan fingerprint density at radius 2 is 1.97 bits per heavy atom. The molecule has 0 bridgehead atoms. The maximum atomic E-state index is 12.5. The maximum Gasteiger partial charge on any atom is 0.225 e. The molecule has 3 rings (SSSR count). The highest BCUT2D eigenvalue weighted by Crippen LogP contribution is 2.33. The number of carbonyl (C=O) groups is 2. The van der Waals surface area contributed by atoms with Gasteiger partial charge >= 0.3 is 0 Å². The number of rotatable bonds is 7. The van der Waals surface area contributed by atoms with Crippen molar-refractivity contribution in [1.82, 2.24) is 10.2 Å². The van der Waals surface area contributed by atoms with E-state index < -0.39 is 15.8 Å². The van der Waals surface area contributed by atoms with Crippen molar-refractivity contribution in [1.29, 1.82) is 0 Å². The molecule has 10 heteroatoms. The summed E-state index contributed by atoms with van der Waals surface area (Å²) in [4.78, 5) is 26.4. The lowest BCUT2D eigenvalue weighted by molar-refractivity contribution is -0.130. The summed E-state index contributed by atoms with van der Waals surface area (Å²) in [5.41, 5.74) is 0.961. The van der Waals surface area contributed by atoms with Gasteiger partial charge in [0.1, 0.15) is 0 Å². The predicted octanol–water partition coefficient (Wildman–Crippen LogP) is 1.16. The third-order valence-electron chi connectivity index (χ3n) is 5.42. The Labute approximate surface area is 179 Å². The van der Waals surface area contributed by atoms with Crippen molar-refractivity contribution in [2.24, 2.45) is 5.92 Å². The van der Waals surface area contributed by atoms with E-state index in [2.05, 4.69) is 21.2 Å². The second kappa shape index (κ2) is 8.91. The molecule has 1 aromatic carbocycles. The van der Waals surface area contributed by atoms with Crippen LogP contribution in [0.2, 0.25) is 0 Å². The van der Waals surface area contributed by atoms with Gasteiger partial charge in [-0.25, -0.2) is 8.42 Å². The molecule has 2 atom stereocenters. The molecule has 2 amide bonds. The smallest absolute Gasteiger partial charge is 0.225 e. The average Bonchev–Trinajstić information content (AvgIpc) is 3.24. The summed E-state index contributed by atoms with van der Waals surface area (Å²) in [6, 6.07) is 3.38. The zero-order valence-electron chi connectivity index (χ0n) is 16.4. The molecule has 1 N–H and O–H groups in total. The Morgan fingerprint density at radius 3 is 2.59 bits per heavy atom. The summed E-state index contributed by atoms with van der Waals surface area (Å²) in [5, 5.41) is 2.89. The maximum absolute atomic E-state index is 12.5. The number of nitrogens with zero attached hydrogens (tertiary/aromatic N) is 1. The van der Waals surface area contributed by atoms with Crippen molar-refractivity contribution in [3.05, 3.63) is 22.2 Å². The van der Waals surface area contributed by atoms with Gasteiger partial charge in [-0.15, -0.1) is 0 Å². The van der Waals surface area contributed by atoms with Crippen molar-refractivity contribution < 1.29 is 27.5 Å². The molecular formula is C19H25BrN2O6S. The Bertz CT molecular complexity index is 904. The lowest BCUT2D eigenvalue weighted by atomic mass is 10.1. The van der Waals surface area contributed by atoms with Crippen LogP contribution in [0.15, 0.2) is 16.6 Å². The Balaban J connectivity index is 1.53. The van der Waals surface area contributed by atoms with Crippen LogP contribution < -0.4 is 14.8 Å². The van der Waals surface area contributed by atoms with E-state index in [4.69, 9.17) is 9.47 Å². The van der Waals surface area contributed by atoms with Crippen LogP contribution in [0.3, 0.4) is 0 Å². The Kier molecular flexibility index (Phi) is 6.72. The number of hydrogen-bond acceptors (Lipinski definition) is 6. The van der Waals surface area contributed by atoms with E-state index in [1.54, 1.807) is 19.1 Å². The first-order valence-electron chi connectivity index (χ1n) is 9.42. The van der Waals surface area contributed by atoms with Gasteiger partial charge in [0, 0.05) is 30.0 Å². The molecule has 1 aromatic rings. The third kappa shape index (κ3) is 5.03. The van der Waals surface area contributed by atoms with Gasteiger partial charge in [0.2, 0.25) is 11.8 Å². The Morgan fingerprint density at radius 1 is 1.28 bits per heavy atom. The van der Waals surface area contributed by atoms with Crippen LogP contribution >= 0.6 is 15.9 Å². The number of hydrogen-bond donors (Lipinski definition) is 1. The number of amides is 2. The van der Waals surface area contributed by atoms with E-state index in [0.29, 0.717) is 30.9 Å². The quantitative estimate of drug-likeness (QED) is 0.617. The summed E-state index contributed by atoms with van der Waals surface area (Å²) in [6.45, 7) is 0.695. The van der Waals surface area contributed by atoms with Gasteiger partial charge in [-0.1, -0.05) is 15.9 Å². The monoisotopic (exact) mass is 488 g/mol. The molecule has 0 aliphatic carbocycles. The van der Waals surface area contributed by atoms with Crippen LogP contribution in [0.25, 0.3) is 0 Å². The van der Waals surface area contributed by atoms with E-state index in [-0.39, 0.29) is 42.3 Å². The molecule has 2 fully saturated rings. The van der Waals surface area contributed by atoms with Crippen molar-refractivity contribution in [3.8, 4) is 11.5 Å². The highest BCUT2D eigenvalue weighted by Gasteiger charge is 2.41. The number of sulfone groups is 1. The predicted molar refractivity (Wildman–Crippen MR) is 111 cm³/mol. The lowest BCUT2D eigenvalue weighted by Crippen LogP contribution is -2.39. The molecule has 0 aromatic heterocycles. The largest absolute Gasteiger partial charge is 0.493 e. The molecule has 2 aliphatic heterocycles. The number of likely N-dealkylation sites (tertiary alicyclic amines) is 1. The first-order chi connectivity index (χ1) is 13.7. The minimum Gasteiger partial charge on any atom is -0.493 e. The van der Waals surface area contributed by atoms with Crippen molar-refractivity contribution in [2.45, 2.75) is 25.3 Å². The fraction of sp³-hybridized carbons (Fsp3) is 0.579. The van der Waals surface area contributed by atoms with Crippen molar-refractivity contribution in [3.63, 3.8) is 0 Å². The van der Waals surface area contributed by atoms with Gasteiger partial charge < -0.3 is 19.7 Å². The van der Waals surface area contributed by atoms with Gasteiger partial charge in [-0.2, -0.15) is 0 Å². The van der Waals surface area contributed by atoms with Gasteiger partial charge in [-0.05, 0) is 30.5 Å². The third-order valence-corrected chi connectivity index (χ3v) is 7.91. The molecule has 0 unspecified atom stereocenters. The number of ether oxygens (including phenoxy) is 2. The van der Waals surface area contributed by atoms with Crippen molar-refractivity contribution in [2.75, 3.05) is 38.8 Å². The Hall–Kier alpha value is -1.81. The molecule has 29 heavy (non-hydrogen) atoms. The summed E-state index contributed by atoms with van der Waals surface area (Å²) in [5.74, 6) is 0.567. The van der Waals surface area contributed by atoms with E-state index in [1.165, 1.54) is 0 Å². The zero-order chi connectivity index (χ0) is 21.2. The number of halogens is 1. The molecular weight excluding hydrogens is 464 g/mol. The standard InChI is InChI=1S/C19H25BrN2O6S/c1-27-16-7-12(15(20)9-17(16)28-2)3-5-21-19(24)13-8-18(23)22(10-13)14-4-6-29(25,26)11-14/h7,9,13-14H,3-6,8,10-11H2,1-2H3,(H,21,24)/t13-,14+/m0/s1. The van der Waals surface area contributed by atoms with Crippen LogP contribution in [-0.2, 0) is 25.8 Å². The summed E-state index contributed by atoms with van der Waals surface area (Å²) >= 11 is 3.50. The normalized spacial score (nSPS) is 23.3. The van der Waals surface area contributed by atoms with Gasteiger partial charge in [-0.3, -0.25) is 9.59 Å². The summed E-state index contributed by atoms with van der Waals surface area (Å²) < 4.78 is 34.8. The second-order valence-electron chi connectivity index (χ2n) is 7.34. The summed E-state index contributed by atoms with van der Waals surface area (Å²) in [7, 11) is 0.0602. The highest BCUT2D eigenvalue weighted by atomic mass is 79.9. The average molecular weight is 489 g/mol. The van der Waals surface area contributed by atoms with Crippen LogP contribution in [0.1, 0.15) is 18.4 Å². The molecule has 0 saturated carbocycles. The zero-order valence-corrected chi connectivity index (χ0v) is 18.8. The van der Waals surface area contributed by atoms with Crippen LogP contribution in [-0.4, -0.2) is 70.0 Å². The van der Waals surface area contributed by atoms with Gasteiger partial charge in [0.15, 0.2) is 21.3 Å². The first-order valence-corrected chi connectivity index (χ1v) is 12.0. The molecule has 2 heterocycles. The second-order valence-corrected chi connectivity index (χ2v) is 10.4. The molecule has 160 valence electrons. The van der Waals surface area contributed by atoms with E-state index >= 15 is 0 Å². The van der Waals surface area contributed by atoms with E-state index in [9.17, 15) is 18.0 Å². The molecule has 2 saturated heterocycles.